The molecule has 0 aromatic heterocycles. The summed E-state index contributed by atoms with van der Waals surface area (Å²) in [5.41, 5.74) is 1.46. The number of hydrogen-bond donors (Lipinski definition) is 0. The van der Waals surface area contributed by atoms with Crippen LogP contribution in [-0.2, 0) is 14.3 Å². The highest BCUT2D eigenvalue weighted by molar-refractivity contribution is 5.91. The summed E-state index contributed by atoms with van der Waals surface area (Å²) >= 11 is 0. The maximum Gasteiger partial charge on any atom is 0.161 e. The van der Waals surface area contributed by atoms with Crippen LogP contribution in [0.3, 0.4) is 0 Å². The van der Waals surface area contributed by atoms with E-state index in [0.717, 1.165) is 38.9 Å². The summed E-state index contributed by atoms with van der Waals surface area (Å²) in [4.78, 5) is 11.5. The minimum absolute atomic E-state index is 0.0445. The van der Waals surface area contributed by atoms with Crippen molar-refractivity contribution < 1.29 is 14.3 Å². The van der Waals surface area contributed by atoms with E-state index in [-0.39, 0.29) is 11.7 Å². The molecule has 1 saturated heterocycles. The number of carbonyl (C=O) groups excluding carboxylic acids is 1. The van der Waals surface area contributed by atoms with Gasteiger partial charge in [0.05, 0.1) is 13.2 Å². The fourth-order valence-corrected chi connectivity index (χ4v) is 3.63. The van der Waals surface area contributed by atoms with Crippen LogP contribution in [0.15, 0.2) is 11.6 Å². The van der Waals surface area contributed by atoms with Crippen molar-refractivity contribution in [2.45, 2.75) is 45.3 Å². The smallest absolute Gasteiger partial charge is 0.161 e. The molecule has 2 atom stereocenters. The average Bonchev–Trinajstić information content (AvgIpc) is 2.82. The molecule has 17 heavy (non-hydrogen) atoms. The van der Waals surface area contributed by atoms with Crippen LogP contribution in [0.2, 0.25) is 0 Å². The topological polar surface area (TPSA) is 35.5 Å². The van der Waals surface area contributed by atoms with Gasteiger partial charge in [-0.25, -0.2) is 0 Å². The molecule has 0 aromatic rings. The molecule has 0 N–H and O–H groups in total. The van der Waals surface area contributed by atoms with E-state index in [0.29, 0.717) is 18.1 Å². The molecule has 0 amide bonds. The molecule has 3 nitrogen and oxygen atoms in total. The van der Waals surface area contributed by atoms with Gasteiger partial charge in [0.1, 0.15) is 0 Å². The normalized spacial score (nSPS) is 39.0. The van der Waals surface area contributed by atoms with Crippen LogP contribution >= 0.6 is 0 Å². The van der Waals surface area contributed by atoms with E-state index in [1.165, 1.54) is 5.57 Å². The zero-order valence-corrected chi connectivity index (χ0v) is 10.4. The second-order valence-electron chi connectivity index (χ2n) is 5.66. The van der Waals surface area contributed by atoms with E-state index < -0.39 is 0 Å². The van der Waals surface area contributed by atoms with Crippen molar-refractivity contribution in [3.63, 3.8) is 0 Å². The Balaban J connectivity index is 1.89. The van der Waals surface area contributed by atoms with Crippen molar-refractivity contribution in [2.75, 3.05) is 13.2 Å². The molecule has 0 radical (unpaired) electrons. The number of rotatable bonds is 1. The Labute approximate surface area is 102 Å². The quantitative estimate of drug-likeness (QED) is 0.701. The van der Waals surface area contributed by atoms with Gasteiger partial charge in [0.25, 0.3) is 0 Å². The molecule has 3 aliphatic rings. The van der Waals surface area contributed by atoms with Gasteiger partial charge >= 0.3 is 0 Å². The first-order chi connectivity index (χ1) is 8.20. The highest BCUT2D eigenvalue weighted by atomic mass is 16.7. The molecular weight excluding hydrogens is 216 g/mol. The first-order valence-electron chi connectivity index (χ1n) is 6.67. The Bertz CT molecular complexity index is 354. The Morgan fingerprint density at radius 1 is 1.29 bits per heavy atom. The molecule has 3 heteroatoms. The fraction of sp³-hybridized carbons (Fsp3) is 0.786. The molecule has 0 aromatic carbocycles. The number of carbonyl (C=O) groups is 1. The van der Waals surface area contributed by atoms with Gasteiger partial charge in [0.15, 0.2) is 12.1 Å². The summed E-state index contributed by atoms with van der Waals surface area (Å²) in [6.45, 7) is 3.73. The average molecular weight is 236 g/mol. The molecule has 1 heterocycles. The van der Waals surface area contributed by atoms with E-state index in [9.17, 15) is 4.79 Å². The standard InChI is InChI=1S/C14H20O3/c1-14-6-5-11(15)9-10(14)3-2-4-12(14)13-16-7-8-17-13/h9,12-13H,2-8H2,1H3/t12-,14+/m1/s1. The maximum absolute atomic E-state index is 11.5. The second kappa shape index (κ2) is 4.21. The van der Waals surface area contributed by atoms with Crippen molar-refractivity contribution >= 4 is 5.78 Å². The number of fused-ring (bicyclic) bond motifs is 1. The Morgan fingerprint density at radius 3 is 2.82 bits per heavy atom. The van der Waals surface area contributed by atoms with Gasteiger partial charge < -0.3 is 9.47 Å². The van der Waals surface area contributed by atoms with Crippen LogP contribution in [0.25, 0.3) is 0 Å². The summed E-state index contributed by atoms with van der Waals surface area (Å²) in [6, 6.07) is 0. The summed E-state index contributed by atoms with van der Waals surface area (Å²) < 4.78 is 11.4. The molecule has 0 unspecified atom stereocenters. The van der Waals surface area contributed by atoms with Crippen LogP contribution in [0.5, 0.6) is 0 Å². The van der Waals surface area contributed by atoms with Crippen LogP contribution in [0, 0.1) is 11.3 Å². The lowest BCUT2D eigenvalue weighted by molar-refractivity contribution is -0.129. The lowest BCUT2D eigenvalue weighted by Gasteiger charge is -2.47. The van der Waals surface area contributed by atoms with E-state index in [1.54, 1.807) is 0 Å². The highest BCUT2D eigenvalue weighted by Crippen LogP contribution is 2.52. The third-order valence-corrected chi connectivity index (χ3v) is 4.72. The van der Waals surface area contributed by atoms with Crippen LogP contribution < -0.4 is 0 Å². The third kappa shape index (κ3) is 1.85. The number of allylic oxidation sites excluding steroid dienone is 2. The van der Waals surface area contributed by atoms with E-state index >= 15 is 0 Å². The Hall–Kier alpha value is -0.670. The van der Waals surface area contributed by atoms with Gasteiger partial charge in [-0.3, -0.25) is 4.79 Å². The highest BCUT2D eigenvalue weighted by Gasteiger charge is 2.47. The molecule has 3 rings (SSSR count). The molecule has 94 valence electrons. The largest absolute Gasteiger partial charge is 0.350 e. The fourth-order valence-electron chi connectivity index (χ4n) is 3.63. The lowest BCUT2D eigenvalue weighted by Crippen LogP contribution is -2.43. The third-order valence-electron chi connectivity index (χ3n) is 4.72. The molecule has 0 spiro atoms. The van der Waals surface area contributed by atoms with Crippen molar-refractivity contribution in [2.24, 2.45) is 11.3 Å². The summed E-state index contributed by atoms with van der Waals surface area (Å²) in [5, 5.41) is 0. The van der Waals surface area contributed by atoms with Crippen molar-refractivity contribution in [3.05, 3.63) is 11.6 Å². The molecule has 0 bridgehead atoms. The molecule has 2 aliphatic carbocycles. The number of ketones is 1. The van der Waals surface area contributed by atoms with Crippen molar-refractivity contribution in [3.8, 4) is 0 Å². The Morgan fingerprint density at radius 2 is 2.06 bits per heavy atom. The van der Waals surface area contributed by atoms with Gasteiger partial charge in [-0.2, -0.15) is 0 Å². The van der Waals surface area contributed by atoms with Crippen LogP contribution in [0.1, 0.15) is 39.0 Å². The van der Waals surface area contributed by atoms with Crippen molar-refractivity contribution in [1.82, 2.24) is 0 Å². The molecular formula is C14H20O3. The first-order valence-corrected chi connectivity index (χ1v) is 6.67. The Kier molecular flexibility index (Phi) is 2.83. The zero-order chi connectivity index (χ0) is 11.9. The predicted octanol–water partition coefficient (Wildman–Crippen LogP) is 2.46. The molecule has 1 aliphatic heterocycles. The zero-order valence-electron chi connectivity index (χ0n) is 10.4. The van der Waals surface area contributed by atoms with Gasteiger partial charge in [0, 0.05) is 12.3 Å². The van der Waals surface area contributed by atoms with Gasteiger partial charge in [-0.15, -0.1) is 0 Å². The van der Waals surface area contributed by atoms with Crippen molar-refractivity contribution in [1.29, 1.82) is 0 Å². The minimum atomic E-state index is -0.0445. The number of hydrogen-bond acceptors (Lipinski definition) is 3. The number of ether oxygens (including phenoxy) is 2. The summed E-state index contributed by atoms with van der Waals surface area (Å²) in [7, 11) is 0. The minimum Gasteiger partial charge on any atom is -0.350 e. The van der Waals surface area contributed by atoms with Gasteiger partial charge in [0.2, 0.25) is 0 Å². The second-order valence-corrected chi connectivity index (χ2v) is 5.66. The summed E-state index contributed by atoms with van der Waals surface area (Å²) in [6.07, 6.45) is 6.89. The van der Waals surface area contributed by atoms with E-state index in [2.05, 4.69) is 6.92 Å². The van der Waals surface area contributed by atoms with Gasteiger partial charge in [-0.1, -0.05) is 12.5 Å². The SMILES string of the molecule is C[C@]12CCC(=O)C=C1CCC[C@@H]2C1OCCO1. The van der Waals surface area contributed by atoms with Crippen LogP contribution in [0.4, 0.5) is 0 Å². The monoisotopic (exact) mass is 236 g/mol. The summed E-state index contributed by atoms with van der Waals surface area (Å²) in [5.74, 6) is 0.726. The lowest BCUT2D eigenvalue weighted by atomic mass is 9.59. The molecule has 1 saturated carbocycles. The maximum atomic E-state index is 11.5. The van der Waals surface area contributed by atoms with Gasteiger partial charge in [-0.05, 0) is 37.2 Å². The molecule has 2 fully saturated rings. The van der Waals surface area contributed by atoms with E-state index in [4.69, 9.17) is 9.47 Å². The van der Waals surface area contributed by atoms with Crippen LogP contribution in [-0.4, -0.2) is 25.3 Å². The van der Waals surface area contributed by atoms with E-state index in [1.807, 2.05) is 6.08 Å². The first kappa shape index (κ1) is 11.4. The predicted molar refractivity (Wildman–Crippen MR) is 63.5 cm³/mol.